The van der Waals surface area contributed by atoms with Crippen molar-refractivity contribution in [2.75, 3.05) is 0 Å². The number of aromatic nitrogens is 2. The number of carboxylic acids is 1. The van der Waals surface area contributed by atoms with Gasteiger partial charge in [-0.05, 0) is 42.5 Å². The van der Waals surface area contributed by atoms with E-state index in [-0.39, 0.29) is 11.6 Å². The van der Waals surface area contributed by atoms with E-state index in [9.17, 15) is 4.79 Å². The van der Waals surface area contributed by atoms with Crippen LogP contribution >= 0.6 is 0 Å². The molecule has 2 rings (SSSR count). The van der Waals surface area contributed by atoms with Gasteiger partial charge >= 0.3 is 5.97 Å². The van der Waals surface area contributed by atoms with Gasteiger partial charge in [0.25, 0.3) is 0 Å². The van der Waals surface area contributed by atoms with Gasteiger partial charge in [-0.15, -0.1) is 0 Å². The summed E-state index contributed by atoms with van der Waals surface area (Å²) in [6.45, 7) is 6.25. The van der Waals surface area contributed by atoms with Gasteiger partial charge in [-0.1, -0.05) is 39.3 Å². The Morgan fingerprint density at radius 3 is 2.48 bits per heavy atom. The Kier molecular flexibility index (Phi) is 4.78. The zero-order valence-corrected chi connectivity index (χ0v) is 12.8. The maximum atomic E-state index is 11.1. The van der Waals surface area contributed by atoms with E-state index in [0.29, 0.717) is 0 Å². The van der Waals surface area contributed by atoms with Crippen LogP contribution in [0.15, 0.2) is 30.3 Å². The minimum atomic E-state index is -0.991. The van der Waals surface area contributed by atoms with Crippen molar-refractivity contribution in [3.05, 3.63) is 47.3 Å². The van der Waals surface area contributed by atoms with E-state index in [4.69, 9.17) is 5.11 Å². The van der Waals surface area contributed by atoms with E-state index in [1.54, 1.807) is 10.7 Å². The van der Waals surface area contributed by atoms with Gasteiger partial charge in [0.05, 0.1) is 5.69 Å². The summed E-state index contributed by atoms with van der Waals surface area (Å²) in [6, 6.07) is 9.86. The van der Waals surface area contributed by atoms with Crippen molar-refractivity contribution in [2.45, 2.75) is 46.0 Å². The third-order valence-corrected chi connectivity index (χ3v) is 3.55. The number of benzene rings is 1. The van der Waals surface area contributed by atoms with E-state index >= 15 is 0 Å². The zero-order chi connectivity index (χ0) is 15.4. The number of carbonyl (C=O) groups is 1. The van der Waals surface area contributed by atoms with E-state index in [1.807, 2.05) is 26.0 Å². The Morgan fingerprint density at radius 1 is 1.29 bits per heavy atom. The Morgan fingerprint density at radius 2 is 1.95 bits per heavy atom. The highest BCUT2D eigenvalue weighted by Crippen LogP contribution is 2.21. The summed E-state index contributed by atoms with van der Waals surface area (Å²) in [5, 5.41) is 13.3. The molecule has 4 nitrogen and oxygen atoms in total. The molecule has 1 heterocycles. The molecule has 0 atom stereocenters. The van der Waals surface area contributed by atoms with Crippen molar-refractivity contribution in [1.29, 1.82) is 0 Å². The summed E-state index contributed by atoms with van der Waals surface area (Å²) in [5.41, 5.74) is 3.21. The van der Waals surface area contributed by atoms with Crippen LogP contribution in [0.5, 0.6) is 0 Å². The van der Waals surface area contributed by atoms with Crippen LogP contribution in [-0.2, 0) is 6.42 Å². The molecular formula is C17H22N2O2. The summed E-state index contributed by atoms with van der Waals surface area (Å²) in [4.78, 5) is 11.1. The maximum Gasteiger partial charge on any atom is 0.356 e. The molecule has 1 aromatic heterocycles. The number of hydrogen-bond donors (Lipinski definition) is 1. The quantitative estimate of drug-likeness (QED) is 0.872. The Labute approximate surface area is 125 Å². The third kappa shape index (κ3) is 3.51. The lowest BCUT2D eigenvalue weighted by Crippen LogP contribution is -2.05. The number of carboxylic acid groups (broad SMARTS) is 1. The summed E-state index contributed by atoms with van der Waals surface area (Å²) in [5.74, 6) is -0.777. The molecule has 0 saturated heterocycles. The molecule has 1 aromatic carbocycles. The van der Waals surface area contributed by atoms with Crippen LogP contribution in [-0.4, -0.2) is 20.9 Å². The molecule has 0 bridgehead atoms. The molecule has 0 saturated carbocycles. The molecule has 1 N–H and O–H groups in total. The minimum absolute atomic E-state index is 0.0914. The van der Waals surface area contributed by atoms with Crippen molar-refractivity contribution < 1.29 is 9.90 Å². The molecule has 112 valence electrons. The largest absolute Gasteiger partial charge is 0.476 e. The molecule has 0 unspecified atom stereocenters. The van der Waals surface area contributed by atoms with Crippen LogP contribution < -0.4 is 0 Å². The predicted octanol–water partition coefficient (Wildman–Crippen LogP) is 4.04. The average Bonchev–Trinajstić information content (AvgIpc) is 2.91. The SMILES string of the molecule is CCCCc1ccc(-n2nc(C(=O)O)cc2C(C)C)cc1. The van der Waals surface area contributed by atoms with Gasteiger partial charge in [-0.25, -0.2) is 9.48 Å². The summed E-state index contributed by atoms with van der Waals surface area (Å²) in [6.07, 6.45) is 3.44. The van der Waals surface area contributed by atoms with Gasteiger partial charge in [0.1, 0.15) is 0 Å². The lowest BCUT2D eigenvalue weighted by molar-refractivity contribution is 0.0690. The Bertz CT molecular complexity index is 612. The molecule has 2 aromatic rings. The number of nitrogens with zero attached hydrogens (tertiary/aromatic N) is 2. The van der Waals surface area contributed by atoms with Crippen molar-refractivity contribution in [2.24, 2.45) is 0 Å². The van der Waals surface area contributed by atoms with E-state index in [2.05, 4.69) is 24.2 Å². The summed E-state index contributed by atoms with van der Waals surface area (Å²) >= 11 is 0. The predicted molar refractivity (Wildman–Crippen MR) is 83.2 cm³/mol. The smallest absolute Gasteiger partial charge is 0.356 e. The lowest BCUT2D eigenvalue weighted by Gasteiger charge is -2.10. The van der Waals surface area contributed by atoms with Gasteiger partial charge in [0, 0.05) is 5.69 Å². The van der Waals surface area contributed by atoms with E-state index < -0.39 is 5.97 Å². The average molecular weight is 286 g/mol. The van der Waals surface area contributed by atoms with E-state index in [1.165, 1.54) is 18.4 Å². The number of aromatic carboxylic acids is 1. The molecule has 21 heavy (non-hydrogen) atoms. The molecule has 0 radical (unpaired) electrons. The molecule has 0 spiro atoms. The molecule has 0 fully saturated rings. The number of hydrogen-bond acceptors (Lipinski definition) is 2. The topological polar surface area (TPSA) is 55.1 Å². The molecule has 4 heteroatoms. The van der Waals surface area contributed by atoms with Crippen LogP contribution in [0.2, 0.25) is 0 Å². The van der Waals surface area contributed by atoms with Crippen LogP contribution in [0.4, 0.5) is 0 Å². The zero-order valence-electron chi connectivity index (χ0n) is 12.8. The summed E-state index contributed by atoms with van der Waals surface area (Å²) in [7, 11) is 0. The second kappa shape index (κ2) is 6.57. The van der Waals surface area contributed by atoms with Gasteiger partial charge in [-0.2, -0.15) is 5.10 Å². The fourth-order valence-electron chi connectivity index (χ4n) is 2.30. The first-order valence-electron chi connectivity index (χ1n) is 7.45. The Balaban J connectivity index is 2.34. The highest BCUT2D eigenvalue weighted by atomic mass is 16.4. The van der Waals surface area contributed by atoms with Crippen molar-refractivity contribution in [1.82, 2.24) is 9.78 Å². The highest BCUT2D eigenvalue weighted by Gasteiger charge is 2.16. The molecule has 0 amide bonds. The molecular weight excluding hydrogens is 264 g/mol. The normalized spacial score (nSPS) is 11.0. The second-order valence-electron chi connectivity index (χ2n) is 5.60. The second-order valence-corrected chi connectivity index (χ2v) is 5.60. The van der Waals surface area contributed by atoms with Gasteiger partial charge in [-0.3, -0.25) is 0 Å². The van der Waals surface area contributed by atoms with Crippen LogP contribution in [0.3, 0.4) is 0 Å². The van der Waals surface area contributed by atoms with Gasteiger partial charge < -0.3 is 5.11 Å². The lowest BCUT2D eigenvalue weighted by atomic mass is 10.1. The van der Waals surface area contributed by atoms with Crippen molar-refractivity contribution in [3.8, 4) is 5.69 Å². The fourth-order valence-corrected chi connectivity index (χ4v) is 2.30. The standard InChI is InChI=1S/C17H22N2O2/c1-4-5-6-13-7-9-14(10-8-13)19-16(12(2)3)11-15(18-19)17(20)21/h7-12H,4-6H2,1-3H3,(H,20,21). The first-order chi connectivity index (χ1) is 10.0. The fraction of sp³-hybridized carbons (Fsp3) is 0.412. The molecule has 0 aliphatic rings. The third-order valence-electron chi connectivity index (χ3n) is 3.55. The first kappa shape index (κ1) is 15.3. The van der Waals surface area contributed by atoms with Crippen molar-refractivity contribution >= 4 is 5.97 Å². The molecule has 0 aliphatic heterocycles. The van der Waals surface area contributed by atoms with Gasteiger partial charge in [0.2, 0.25) is 0 Å². The number of unbranched alkanes of at least 4 members (excludes halogenated alkanes) is 1. The van der Waals surface area contributed by atoms with Gasteiger partial charge in [0.15, 0.2) is 5.69 Å². The monoisotopic (exact) mass is 286 g/mol. The number of rotatable bonds is 6. The molecule has 0 aliphatic carbocycles. The minimum Gasteiger partial charge on any atom is -0.476 e. The number of aryl methyl sites for hydroxylation is 1. The summed E-state index contributed by atoms with van der Waals surface area (Å²) < 4.78 is 1.73. The van der Waals surface area contributed by atoms with Crippen LogP contribution in [0.25, 0.3) is 5.69 Å². The van der Waals surface area contributed by atoms with Crippen molar-refractivity contribution in [3.63, 3.8) is 0 Å². The van der Waals surface area contributed by atoms with Crippen LogP contribution in [0, 0.1) is 0 Å². The van der Waals surface area contributed by atoms with Crippen LogP contribution in [0.1, 0.15) is 61.3 Å². The van der Waals surface area contributed by atoms with E-state index in [0.717, 1.165) is 17.8 Å². The first-order valence-corrected chi connectivity index (χ1v) is 7.45. The highest BCUT2D eigenvalue weighted by molar-refractivity contribution is 5.85. The Hall–Kier alpha value is -2.10. The maximum absolute atomic E-state index is 11.1.